The minimum Gasteiger partial charge on any atom is -0.298 e. The van der Waals surface area contributed by atoms with E-state index >= 15 is 0 Å². The zero-order valence-corrected chi connectivity index (χ0v) is 6.84. The smallest absolute Gasteiger partial charge is 0.155 e. The molecule has 0 amide bonds. The van der Waals surface area contributed by atoms with Crippen molar-refractivity contribution in [3.63, 3.8) is 0 Å². The number of carbonyl (C=O) groups is 1. The molecule has 4 heteroatoms. The quantitative estimate of drug-likeness (QED) is 0.500. The summed E-state index contributed by atoms with van der Waals surface area (Å²) in [7, 11) is 0. The van der Waals surface area contributed by atoms with Crippen LogP contribution in [0.3, 0.4) is 0 Å². The third-order valence-electron chi connectivity index (χ3n) is 1.46. The molecule has 0 aromatic heterocycles. The summed E-state index contributed by atoms with van der Waals surface area (Å²) in [6, 6.07) is 3.31. The summed E-state index contributed by atoms with van der Waals surface area (Å²) in [5, 5.41) is 8.10. The van der Waals surface area contributed by atoms with E-state index in [4.69, 9.17) is 5.26 Å². The van der Waals surface area contributed by atoms with Crippen molar-refractivity contribution in [2.75, 3.05) is 0 Å². The lowest BCUT2D eigenvalue weighted by Gasteiger charge is -1.97. The number of benzene rings is 1. The molecule has 0 spiro atoms. The minimum atomic E-state index is -0.984. The predicted molar refractivity (Wildman–Crippen MR) is 44.2 cm³/mol. The molecule has 0 N–H and O–H groups in total. The maximum atomic E-state index is 12.9. The molecule has 0 heterocycles. The largest absolute Gasteiger partial charge is 0.298 e. The third-order valence-corrected chi connectivity index (χ3v) is 1.46. The van der Waals surface area contributed by atoms with Gasteiger partial charge in [0.15, 0.2) is 12.4 Å². The van der Waals surface area contributed by atoms with Gasteiger partial charge < -0.3 is 0 Å². The minimum absolute atomic E-state index is 0.0205. The molecule has 0 aliphatic rings. The van der Waals surface area contributed by atoms with Gasteiger partial charge in [0.1, 0.15) is 11.6 Å². The molecule has 0 saturated heterocycles. The standard InChI is InChI=1S/C10H3F2NO/c11-9-4-7(2-1-3-13)5-10(12)8(9)6-14/h4-6H. The number of rotatable bonds is 1. The van der Waals surface area contributed by atoms with Crippen LogP contribution in [0.2, 0.25) is 0 Å². The Morgan fingerprint density at radius 1 is 1.29 bits per heavy atom. The van der Waals surface area contributed by atoms with E-state index in [9.17, 15) is 13.6 Å². The van der Waals surface area contributed by atoms with Crippen LogP contribution >= 0.6 is 0 Å². The van der Waals surface area contributed by atoms with Crippen LogP contribution in [0.15, 0.2) is 12.1 Å². The number of hydrogen-bond acceptors (Lipinski definition) is 2. The van der Waals surface area contributed by atoms with Gasteiger partial charge in [-0.3, -0.25) is 4.79 Å². The molecule has 0 bridgehead atoms. The second-order valence-electron chi connectivity index (χ2n) is 2.33. The Morgan fingerprint density at radius 3 is 2.29 bits per heavy atom. The molecule has 1 rings (SSSR count). The third kappa shape index (κ3) is 1.94. The highest BCUT2D eigenvalue weighted by molar-refractivity contribution is 5.76. The SMILES string of the molecule is N#CC#Cc1cc(F)c(C=O)c(F)c1. The van der Waals surface area contributed by atoms with E-state index in [2.05, 4.69) is 5.92 Å². The van der Waals surface area contributed by atoms with Crippen LogP contribution in [0.5, 0.6) is 0 Å². The fourth-order valence-electron chi connectivity index (χ4n) is 0.869. The normalized spacial score (nSPS) is 8.36. The molecule has 0 saturated carbocycles. The molecule has 14 heavy (non-hydrogen) atoms. The first-order valence-corrected chi connectivity index (χ1v) is 3.53. The molecule has 1 aromatic carbocycles. The summed E-state index contributed by atoms with van der Waals surface area (Å²) >= 11 is 0. The fourth-order valence-corrected chi connectivity index (χ4v) is 0.869. The first-order chi connectivity index (χ1) is 6.69. The lowest BCUT2D eigenvalue weighted by Crippen LogP contribution is -1.94. The van der Waals surface area contributed by atoms with Gasteiger partial charge in [0, 0.05) is 11.5 Å². The molecule has 0 fully saturated rings. The summed E-state index contributed by atoms with van der Waals surface area (Å²) in [5.74, 6) is 2.24. The number of nitrogens with zero attached hydrogens (tertiary/aromatic N) is 1. The van der Waals surface area contributed by atoms with E-state index in [-0.39, 0.29) is 11.8 Å². The summed E-state index contributed by atoms with van der Waals surface area (Å²) in [4.78, 5) is 10.2. The van der Waals surface area contributed by atoms with Crippen LogP contribution in [0, 0.1) is 34.8 Å². The maximum absolute atomic E-state index is 12.9. The maximum Gasteiger partial charge on any atom is 0.155 e. The molecule has 0 aliphatic carbocycles. The van der Waals surface area contributed by atoms with E-state index < -0.39 is 17.2 Å². The molecule has 0 unspecified atom stereocenters. The van der Waals surface area contributed by atoms with Gasteiger partial charge in [-0.25, -0.2) is 8.78 Å². The topological polar surface area (TPSA) is 40.9 Å². The molecule has 1 aromatic rings. The van der Waals surface area contributed by atoms with Crippen LogP contribution in [-0.2, 0) is 0 Å². The van der Waals surface area contributed by atoms with Crippen LogP contribution in [0.25, 0.3) is 0 Å². The Balaban J connectivity index is 3.29. The van der Waals surface area contributed by atoms with E-state index in [1.165, 1.54) is 6.07 Å². The molecule has 0 atom stereocenters. The lowest BCUT2D eigenvalue weighted by atomic mass is 10.1. The van der Waals surface area contributed by atoms with Crippen molar-refractivity contribution in [2.45, 2.75) is 0 Å². The van der Waals surface area contributed by atoms with Crippen LogP contribution in [-0.4, -0.2) is 6.29 Å². The van der Waals surface area contributed by atoms with Gasteiger partial charge in [-0.15, -0.1) is 0 Å². The highest BCUT2D eigenvalue weighted by atomic mass is 19.1. The molecular formula is C10H3F2NO. The van der Waals surface area contributed by atoms with Crippen LogP contribution in [0.1, 0.15) is 15.9 Å². The zero-order chi connectivity index (χ0) is 10.6. The number of carbonyl (C=O) groups excluding carboxylic acids is 1. The Hall–Kier alpha value is -2.20. The second kappa shape index (κ2) is 4.15. The molecule has 0 radical (unpaired) electrons. The first kappa shape index (κ1) is 9.88. The summed E-state index contributed by atoms with van der Waals surface area (Å²) in [6.07, 6.45) is 0.0895. The number of hydrogen-bond donors (Lipinski definition) is 0. The van der Waals surface area contributed by atoms with E-state index in [1.54, 1.807) is 0 Å². The predicted octanol–water partition coefficient (Wildman–Crippen LogP) is 1.65. The van der Waals surface area contributed by atoms with Crippen molar-refractivity contribution in [1.82, 2.24) is 0 Å². The van der Waals surface area contributed by atoms with Gasteiger partial charge in [0.05, 0.1) is 5.56 Å². The average Bonchev–Trinajstić information content (AvgIpc) is 2.14. The van der Waals surface area contributed by atoms with Crippen molar-refractivity contribution < 1.29 is 13.6 Å². The van der Waals surface area contributed by atoms with E-state index in [0.717, 1.165) is 12.1 Å². The summed E-state index contributed by atoms with van der Waals surface area (Å²) in [6.45, 7) is 0. The second-order valence-corrected chi connectivity index (χ2v) is 2.33. The van der Waals surface area contributed by atoms with Crippen LogP contribution in [0.4, 0.5) is 8.78 Å². The Morgan fingerprint density at radius 2 is 1.86 bits per heavy atom. The van der Waals surface area contributed by atoms with Crippen molar-refractivity contribution >= 4 is 6.29 Å². The van der Waals surface area contributed by atoms with Crippen molar-refractivity contribution in [3.05, 3.63) is 34.9 Å². The fraction of sp³-hybridized carbons (Fsp3) is 0. The Labute approximate surface area is 78.8 Å². The molecular weight excluding hydrogens is 188 g/mol. The molecule has 0 aliphatic heterocycles. The van der Waals surface area contributed by atoms with Gasteiger partial charge >= 0.3 is 0 Å². The Bertz CT molecular complexity index is 454. The summed E-state index contributed by atoms with van der Waals surface area (Å²) < 4.78 is 25.8. The van der Waals surface area contributed by atoms with Crippen LogP contribution < -0.4 is 0 Å². The van der Waals surface area contributed by atoms with Crippen molar-refractivity contribution in [1.29, 1.82) is 5.26 Å². The first-order valence-electron chi connectivity index (χ1n) is 3.53. The van der Waals surface area contributed by atoms with Gasteiger partial charge in [0.2, 0.25) is 0 Å². The van der Waals surface area contributed by atoms with Gasteiger partial charge in [0.25, 0.3) is 0 Å². The zero-order valence-electron chi connectivity index (χ0n) is 6.84. The number of halogens is 2. The van der Waals surface area contributed by atoms with E-state index in [1.807, 2.05) is 5.92 Å². The van der Waals surface area contributed by atoms with Gasteiger partial charge in [-0.05, 0) is 12.1 Å². The number of aldehydes is 1. The lowest BCUT2D eigenvalue weighted by molar-refractivity contribution is 0.111. The average molecular weight is 191 g/mol. The highest BCUT2D eigenvalue weighted by Crippen LogP contribution is 2.12. The molecule has 2 nitrogen and oxygen atoms in total. The van der Waals surface area contributed by atoms with Crippen molar-refractivity contribution in [2.24, 2.45) is 0 Å². The molecule has 68 valence electrons. The monoisotopic (exact) mass is 191 g/mol. The van der Waals surface area contributed by atoms with Gasteiger partial charge in [-0.2, -0.15) is 5.26 Å². The van der Waals surface area contributed by atoms with E-state index in [0.29, 0.717) is 0 Å². The number of nitriles is 1. The summed E-state index contributed by atoms with van der Waals surface area (Å²) in [5.41, 5.74) is -0.611. The Kier molecular flexibility index (Phi) is 2.93. The van der Waals surface area contributed by atoms with Gasteiger partial charge in [-0.1, -0.05) is 5.92 Å². The highest BCUT2D eigenvalue weighted by Gasteiger charge is 2.08. The van der Waals surface area contributed by atoms with Crippen molar-refractivity contribution in [3.8, 4) is 17.9 Å².